The van der Waals surface area contributed by atoms with E-state index >= 15 is 0 Å². The van der Waals surface area contributed by atoms with Crippen molar-refractivity contribution in [1.29, 1.82) is 0 Å². The van der Waals surface area contributed by atoms with Gasteiger partial charge in [-0.25, -0.2) is 9.38 Å². The average molecular weight is 462 g/mol. The molecule has 2 aliphatic heterocycles. The number of aliphatic imine (C=N–C) groups is 1. The lowest BCUT2D eigenvalue weighted by atomic mass is 10.2. The summed E-state index contributed by atoms with van der Waals surface area (Å²) in [5.41, 5.74) is 1.02. The molecule has 3 rings (SSSR count). The third kappa shape index (κ3) is 5.79. The number of benzene rings is 1. The molecule has 0 radical (unpaired) electrons. The van der Waals surface area contributed by atoms with E-state index in [1.807, 2.05) is 0 Å². The Balaban J connectivity index is 0.00000225. The quantitative estimate of drug-likeness (QED) is 0.424. The van der Waals surface area contributed by atoms with Crippen LogP contribution >= 0.6 is 24.0 Å². The van der Waals surface area contributed by atoms with E-state index in [-0.39, 0.29) is 29.8 Å². The number of hydrogen-bond acceptors (Lipinski definition) is 3. The lowest BCUT2D eigenvalue weighted by molar-refractivity contribution is 0.0195. The van der Waals surface area contributed by atoms with Crippen molar-refractivity contribution in [2.75, 3.05) is 45.9 Å². The number of halogens is 2. The van der Waals surface area contributed by atoms with Crippen molar-refractivity contribution < 1.29 is 9.13 Å². The highest BCUT2D eigenvalue weighted by atomic mass is 127. The van der Waals surface area contributed by atoms with Gasteiger partial charge in [0, 0.05) is 38.8 Å². The molecule has 0 bridgehead atoms. The highest BCUT2D eigenvalue weighted by molar-refractivity contribution is 14.0. The Bertz CT molecular complexity index is 549. The van der Waals surface area contributed by atoms with Crippen LogP contribution in [0.4, 0.5) is 4.39 Å². The highest BCUT2D eigenvalue weighted by Crippen LogP contribution is 2.17. The molecule has 0 amide bonds. The summed E-state index contributed by atoms with van der Waals surface area (Å²) in [6, 6.07) is 7.15. The Morgan fingerprint density at radius 2 is 1.96 bits per heavy atom. The van der Waals surface area contributed by atoms with Crippen molar-refractivity contribution in [2.24, 2.45) is 4.99 Å². The van der Waals surface area contributed by atoms with Gasteiger partial charge >= 0.3 is 0 Å². The lowest BCUT2D eigenvalue weighted by Gasteiger charge is -2.32. The van der Waals surface area contributed by atoms with Crippen LogP contribution in [0, 0.1) is 5.82 Å². The molecule has 1 atom stereocenters. The molecule has 0 spiro atoms. The van der Waals surface area contributed by atoms with Gasteiger partial charge in [0.2, 0.25) is 0 Å². The normalized spacial score (nSPS) is 21.9. The van der Waals surface area contributed by atoms with Crippen LogP contribution in [-0.2, 0) is 11.3 Å². The summed E-state index contributed by atoms with van der Waals surface area (Å²) in [6.45, 7) is 9.28. The largest absolute Gasteiger partial charge is 0.379 e. The Labute approximate surface area is 166 Å². The van der Waals surface area contributed by atoms with Crippen molar-refractivity contribution >= 4 is 29.9 Å². The maximum Gasteiger partial charge on any atom is 0.194 e. The molecule has 7 heteroatoms. The number of nitrogens with one attached hydrogen (secondary N) is 1. The van der Waals surface area contributed by atoms with Crippen LogP contribution in [0.1, 0.15) is 18.9 Å². The first-order chi connectivity index (χ1) is 11.8. The monoisotopic (exact) mass is 462 g/mol. The molecule has 5 nitrogen and oxygen atoms in total. The summed E-state index contributed by atoms with van der Waals surface area (Å²) in [5, 5.41) is 3.39. The zero-order valence-electron chi connectivity index (χ0n) is 14.8. The number of likely N-dealkylation sites (tertiary alicyclic amines) is 1. The number of morpholine rings is 1. The van der Waals surface area contributed by atoms with Crippen molar-refractivity contribution in [3.05, 3.63) is 35.6 Å². The van der Waals surface area contributed by atoms with Gasteiger partial charge in [0.25, 0.3) is 0 Å². The molecule has 140 valence electrons. The van der Waals surface area contributed by atoms with E-state index < -0.39 is 0 Å². The third-order valence-corrected chi connectivity index (χ3v) is 4.68. The van der Waals surface area contributed by atoms with Gasteiger partial charge in [0.1, 0.15) is 5.82 Å². The molecule has 1 aromatic rings. The van der Waals surface area contributed by atoms with Crippen LogP contribution in [0.5, 0.6) is 0 Å². The van der Waals surface area contributed by atoms with Gasteiger partial charge in [-0.1, -0.05) is 12.1 Å². The second kappa shape index (κ2) is 10.3. The van der Waals surface area contributed by atoms with Crippen molar-refractivity contribution in [3.8, 4) is 0 Å². The first-order valence-electron chi connectivity index (χ1n) is 8.85. The molecule has 25 heavy (non-hydrogen) atoms. The van der Waals surface area contributed by atoms with Crippen LogP contribution in [0.2, 0.25) is 0 Å². The van der Waals surface area contributed by atoms with E-state index in [2.05, 4.69) is 22.0 Å². The van der Waals surface area contributed by atoms with E-state index in [0.29, 0.717) is 12.6 Å². The smallest absolute Gasteiger partial charge is 0.194 e. The van der Waals surface area contributed by atoms with Crippen molar-refractivity contribution in [3.63, 3.8) is 0 Å². The molecule has 2 fully saturated rings. The van der Waals surface area contributed by atoms with Crippen LogP contribution in [-0.4, -0.2) is 67.7 Å². The van der Waals surface area contributed by atoms with E-state index in [1.165, 1.54) is 18.6 Å². The molecule has 2 saturated heterocycles. The van der Waals surface area contributed by atoms with Gasteiger partial charge in [0.05, 0.1) is 19.8 Å². The van der Waals surface area contributed by atoms with Crippen molar-refractivity contribution in [1.82, 2.24) is 15.1 Å². The van der Waals surface area contributed by atoms with Crippen molar-refractivity contribution in [2.45, 2.75) is 25.9 Å². The third-order valence-electron chi connectivity index (χ3n) is 4.68. The minimum atomic E-state index is -0.206. The summed E-state index contributed by atoms with van der Waals surface area (Å²) in [4.78, 5) is 9.62. The molecular weight excluding hydrogens is 434 g/mol. The number of hydrogen-bond donors (Lipinski definition) is 1. The van der Waals surface area contributed by atoms with E-state index in [4.69, 9.17) is 9.73 Å². The SMILES string of the molecule is CCNC(=NCc1ccc(F)cc1)N1CCC(N2CCOCC2)C1.I. The second-order valence-electron chi connectivity index (χ2n) is 6.33. The number of guanidine groups is 1. The molecule has 0 saturated carbocycles. The van der Waals surface area contributed by atoms with Crippen LogP contribution in [0.15, 0.2) is 29.3 Å². The molecule has 1 aromatic carbocycles. The molecule has 2 aliphatic rings. The summed E-state index contributed by atoms with van der Waals surface area (Å²) < 4.78 is 18.5. The van der Waals surface area contributed by atoms with E-state index in [9.17, 15) is 4.39 Å². The topological polar surface area (TPSA) is 40.1 Å². The fourth-order valence-electron chi connectivity index (χ4n) is 3.36. The van der Waals surface area contributed by atoms with Crippen LogP contribution in [0.25, 0.3) is 0 Å². The molecule has 1 unspecified atom stereocenters. The van der Waals surface area contributed by atoms with Gasteiger partial charge in [0.15, 0.2) is 5.96 Å². The molecule has 0 aliphatic carbocycles. The van der Waals surface area contributed by atoms with Crippen LogP contribution in [0.3, 0.4) is 0 Å². The number of rotatable bonds is 4. The number of nitrogens with zero attached hydrogens (tertiary/aromatic N) is 3. The number of ether oxygens (including phenoxy) is 1. The lowest BCUT2D eigenvalue weighted by Crippen LogP contribution is -2.46. The zero-order chi connectivity index (χ0) is 16.8. The predicted octanol–water partition coefficient (Wildman–Crippen LogP) is 2.32. The molecular formula is C18H28FIN4O. The highest BCUT2D eigenvalue weighted by Gasteiger charge is 2.30. The fraction of sp³-hybridized carbons (Fsp3) is 0.611. The second-order valence-corrected chi connectivity index (χ2v) is 6.33. The Kier molecular flexibility index (Phi) is 8.38. The van der Waals surface area contributed by atoms with Gasteiger partial charge in [-0.2, -0.15) is 0 Å². The fourth-order valence-corrected chi connectivity index (χ4v) is 3.36. The molecule has 0 aromatic heterocycles. The first-order valence-corrected chi connectivity index (χ1v) is 8.85. The van der Waals surface area contributed by atoms with Crippen LogP contribution < -0.4 is 5.32 Å². The first kappa shape index (κ1) is 20.4. The molecule has 1 N–H and O–H groups in total. The van der Waals surface area contributed by atoms with E-state index in [0.717, 1.165) is 57.5 Å². The van der Waals surface area contributed by atoms with Gasteiger partial charge in [-0.15, -0.1) is 24.0 Å². The summed E-state index contributed by atoms with van der Waals surface area (Å²) >= 11 is 0. The molecule has 2 heterocycles. The predicted molar refractivity (Wildman–Crippen MR) is 109 cm³/mol. The summed E-state index contributed by atoms with van der Waals surface area (Å²) in [6.07, 6.45) is 1.17. The zero-order valence-corrected chi connectivity index (χ0v) is 17.1. The van der Waals surface area contributed by atoms with Gasteiger partial charge in [-0.3, -0.25) is 4.90 Å². The van der Waals surface area contributed by atoms with E-state index in [1.54, 1.807) is 12.1 Å². The Morgan fingerprint density at radius 3 is 2.64 bits per heavy atom. The average Bonchev–Trinajstić information content (AvgIpc) is 3.11. The summed E-state index contributed by atoms with van der Waals surface area (Å²) in [7, 11) is 0. The maximum absolute atomic E-state index is 13.0. The minimum absolute atomic E-state index is 0. The van der Waals surface area contributed by atoms with Gasteiger partial charge in [-0.05, 0) is 31.0 Å². The Morgan fingerprint density at radius 1 is 1.24 bits per heavy atom. The maximum atomic E-state index is 13.0. The van der Waals surface area contributed by atoms with Gasteiger partial charge < -0.3 is 15.0 Å². The minimum Gasteiger partial charge on any atom is -0.379 e. The Hall–Kier alpha value is -0.930. The summed E-state index contributed by atoms with van der Waals surface area (Å²) in [5.74, 6) is 0.750. The standard InChI is InChI=1S/C18H27FN4O.HI/c1-2-20-18(21-13-15-3-5-16(19)6-4-15)23-8-7-17(14-23)22-9-11-24-12-10-22;/h3-6,17H,2,7-14H2,1H3,(H,20,21);1H.